The topological polar surface area (TPSA) is 41.8 Å². The van der Waals surface area contributed by atoms with E-state index in [1.807, 2.05) is 0 Å². The molecule has 0 aliphatic carbocycles. The van der Waals surface area contributed by atoms with Crippen LogP contribution in [0.4, 0.5) is 0 Å². The van der Waals surface area contributed by atoms with Crippen LogP contribution in [0.15, 0.2) is 48.5 Å². The van der Waals surface area contributed by atoms with E-state index in [0.29, 0.717) is 13.1 Å². The highest BCUT2D eigenvalue weighted by Gasteiger charge is 2.29. The fraction of sp³-hybridized carbons (Fsp3) is 0.478. The average Bonchev–Trinajstić information content (AvgIpc) is 2.86. The molecule has 3 nitrogen and oxygen atoms in total. The number of hydrogen-bond acceptors (Lipinski definition) is 1. The molecule has 0 bridgehead atoms. The quantitative estimate of drug-likeness (QED) is 0.693. The van der Waals surface area contributed by atoms with Crippen LogP contribution in [-0.2, 0) is 6.54 Å². The van der Waals surface area contributed by atoms with Gasteiger partial charge in [-0.15, -0.1) is 0 Å². The summed E-state index contributed by atoms with van der Waals surface area (Å²) in [4.78, 5) is 0. The molecule has 0 unspecified atom stereocenters. The highest BCUT2D eigenvalue weighted by atomic mass is 16.3. The Morgan fingerprint density at radius 1 is 0.885 bits per heavy atom. The van der Waals surface area contributed by atoms with Crippen molar-refractivity contribution in [1.82, 2.24) is 4.57 Å². The van der Waals surface area contributed by atoms with Crippen LogP contribution < -0.4 is 5.32 Å². The molecule has 0 aliphatic rings. The lowest BCUT2D eigenvalue weighted by Gasteiger charge is -2.31. The molecule has 0 radical (unpaired) electrons. The zero-order chi connectivity index (χ0) is 18.9. The van der Waals surface area contributed by atoms with Gasteiger partial charge in [0, 0.05) is 28.2 Å². The third kappa shape index (κ3) is 4.28. The van der Waals surface area contributed by atoms with E-state index in [-0.39, 0.29) is 17.1 Å². The van der Waals surface area contributed by atoms with Crippen molar-refractivity contribution in [3.05, 3.63) is 48.5 Å². The number of nitrogens with zero attached hydrogens (tertiary/aromatic N) is 1. The van der Waals surface area contributed by atoms with Crippen molar-refractivity contribution < 1.29 is 10.4 Å². The number of para-hydroxylation sites is 2. The van der Waals surface area contributed by atoms with Gasteiger partial charge in [0.2, 0.25) is 0 Å². The van der Waals surface area contributed by atoms with Crippen molar-refractivity contribution in [3.63, 3.8) is 0 Å². The summed E-state index contributed by atoms with van der Waals surface area (Å²) in [5.74, 6) is 0. The predicted octanol–water partition coefficient (Wildman–Crippen LogP) is 3.93. The van der Waals surface area contributed by atoms with E-state index >= 15 is 0 Å². The van der Waals surface area contributed by atoms with E-state index in [1.165, 1.54) is 21.8 Å². The zero-order valence-electron chi connectivity index (χ0n) is 16.8. The second-order valence-corrected chi connectivity index (χ2v) is 9.46. The summed E-state index contributed by atoms with van der Waals surface area (Å²) < 4.78 is 2.26. The molecule has 0 amide bonds. The van der Waals surface area contributed by atoms with Crippen LogP contribution in [0.25, 0.3) is 21.8 Å². The first kappa shape index (κ1) is 18.9. The van der Waals surface area contributed by atoms with Crippen molar-refractivity contribution in [2.45, 2.75) is 59.2 Å². The number of nitrogens with two attached hydrogens (primary N) is 1. The molecule has 1 aromatic heterocycles. The fourth-order valence-corrected chi connectivity index (χ4v) is 4.38. The van der Waals surface area contributed by atoms with Gasteiger partial charge in [0.1, 0.15) is 12.6 Å². The molecule has 3 N–H and O–H groups in total. The summed E-state index contributed by atoms with van der Waals surface area (Å²) in [6, 6.07) is 16.9. The van der Waals surface area contributed by atoms with Crippen LogP contribution in [-0.4, -0.2) is 27.9 Å². The number of benzene rings is 2. The van der Waals surface area contributed by atoms with E-state index in [4.69, 9.17) is 0 Å². The number of rotatable bonds is 6. The first-order valence-electron chi connectivity index (χ1n) is 9.65. The van der Waals surface area contributed by atoms with Crippen molar-refractivity contribution in [3.8, 4) is 0 Å². The Balaban J connectivity index is 1.78. The summed E-state index contributed by atoms with van der Waals surface area (Å²) >= 11 is 0. The van der Waals surface area contributed by atoms with Gasteiger partial charge in [-0.2, -0.15) is 0 Å². The largest absolute Gasteiger partial charge is 0.385 e. The summed E-state index contributed by atoms with van der Waals surface area (Å²) in [6.45, 7) is 12.7. The van der Waals surface area contributed by atoms with Crippen molar-refractivity contribution >= 4 is 21.8 Å². The molecule has 2 aromatic carbocycles. The Kier molecular flexibility index (Phi) is 5.14. The molecule has 3 rings (SSSR count). The normalized spacial score (nSPS) is 14.2. The van der Waals surface area contributed by atoms with E-state index in [2.05, 4.69) is 93.0 Å². The number of aromatic nitrogens is 1. The van der Waals surface area contributed by atoms with Gasteiger partial charge in [-0.3, -0.25) is 0 Å². The minimum absolute atomic E-state index is 0.125. The van der Waals surface area contributed by atoms with Gasteiger partial charge in [-0.25, -0.2) is 0 Å². The number of quaternary nitrogens is 1. The van der Waals surface area contributed by atoms with Crippen LogP contribution in [0.5, 0.6) is 0 Å². The maximum Gasteiger partial charge on any atom is 0.121 e. The van der Waals surface area contributed by atoms with Crippen LogP contribution in [0.3, 0.4) is 0 Å². The average molecular weight is 354 g/mol. The molecule has 26 heavy (non-hydrogen) atoms. The number of aliphatic hydroxyl groups is 1. The molecule has 0 saturated carbocycles. The highest BCUT2D eigenvalue weighted by molar-refractivity contribution is 6.07. The highest BCUT2D eigenvalue weighted by Crippen LogP contribution is 2.29. The minimum Gasteiger partial charge on any atom is -0.385 e. The zero-order valence-corrected chi connectivity index (χ0v) is 16.8. The van der Waals surface area contributed by atoms with E-state index < -0.39 is 0 Å². The van der Waals surface area contributed by atoms with Gasteiger partial charge in [0.15, 0.2) is 0 Å². The molecule has 0 saturated heterocycles. The maximum atomic E-state index is 10.7. The van der Waals surface area contributed by atoms with E-state index in [9.17, 15) is 5.11 Å². The fourth-order valence-electron chi connectivity index (χ4n) is 4.38. The second-order valence-electron chi connectivity index (χ2n) is 9.46. The van der Waals surface area contributed by atoms with E-state index in [0.717, 1.165) is 6.42 Å². The Morgan fingerprint density at radius 3 is 1.88 bits per heavy atom. The lowest BCUT2D eigenvalue weighted by Crippen LogP contribution is -2.97. The standard InChI is InChI=1S/C23H32N2O/c1-22(2,3)16-23(4,5)24-14-17(26)15-25-20-12-8-6-10-18(20)19-11-7-9-13-21(19)25/h6-13,17,24,26H,14-16H2,1-5H3/p+1/t17-/m0/s1. The Labute approximate surface area is 157 Å². The molecular formula is C23H33N2O+. The third-order valence-corrected chi connectivity index (χ3v) is 5.00. The van der Waals surface area contributed by atoms with Gasteiger partial charge in [-0.05, 0) is 31.4 Å². The Bertz CT molecular complexity index is 833. The molecular weight excluding hydrogens is 320 g/mol. The number of hydrogen-bond donors (Lipinski definition) is 2. The monoisotopic (exact) mass is 353 g/mol. The first-order chi connectivity index (χ1) is 12.2. The number of fused-ring (bicyclic) bond motifs is 3. The van der Waals surface area contributed by atoms with Crippen LogP contribution >= 0.6 is 0 Å². The van der Waals surface area contributed by atoms with Crippen molar-refractivity contribution in [1.29, 1.82) is 0 Å². The third-order valence-electron chi connectivity index (χ3n) is 5.00. The minimum atomic E-state index is -0.381. The molecule has 3 aromatic rings. The van der Waals surface area contributed by atoms with Gasteiger partial charge in [0.25, 0.3) is 0 Å². The molecule has 1 heterocycles. The lowest BCUT2D eigenvalue weighted by molar-refractivity contribution is -0.727. The summed E-state index contributed by atoms with van der Waals surface area (Å²) in [5.41, 5.74) is 2.81. The van der Waals surface area contributed by atoms with Gasteiger partial charge in [-0.1, -0.05) is 57.2 Å². The molecule has 3 heteroatoms. The van der Waals surface area contributed by atoms with E-state index in [1.54, 1.807) is 0 Å². The molecule has 0 aliphatic heterocycles. The van der Waals surface area contributed by atoms with Gasteiger partial charge in [0.05, 0.1) is 12.1 Å². The molecule has 0 fully saturated rings. The Morgan fingerprint density at radius 2 is 1.38 bits per heavy atom. The second kappa shape index (κ2) is 7.05. The number of aliphatic hydroxyl groups excluding tert-OH is 1. The van der Waals surface area contributed by atoms with Gasteiger partial charge >= 0.3 is 0 Å². The molecule has 1 atom stereocenters. The van der Waals surface area contributed by atoms with Crippen molar-refractivity contribution in [2.24, 2.45) is 5.41 Å². The summed E-state index contributed by atoms with van der Waals surface area (Å²) in [5, 5.41) is 15.6. The summed E-state index contributed by atoms with van der Waals surface area (Å²) in [7, 11) is 0. The Hall–Kier alpha value is -1.84. The van der Waals surface area contributed by atoms with Crippen molar-refractivity contribution in [2.75, 3.05) is 6.54 Å². The van der Waals surface area contributed by atoms with Gasteiger partial charge < -0.3 is 15.0 Å². The molecule has 140 valence electrons. The van der Waals surface area contributed by atoms with Crippen LogP contribution in [0.1, 0.15) is 41.0 Å². The van der Waals surface area contributed by atoms with Crippen LogP contribution in [0.2, 0.25) is 0 Å². The first-order valence-corrected chi connectivity index (χ1v) is 9.65. The lowest BCUT2D eigenvalue weighted by atomic mass is 9.82. The summed E-state index contributed by atoms with van der Waals surface area (Å²) in [6.07, 6.45) is 0.732. The van der Waals surface area contributed by atoms with Crippen LogP contribution in [0, 0.1) is 5.41 Å². The SMILES string of the molecule is CC(C)(C)CC(C)(C)[NH2+]C[C@H](O)Cn1c2ccccc2c2ccccc21. The predicted molar refractivity (Wildman–Crippen MR) is 110 cm³/mol. The maximum absolute atomic E-state index is 10.7. The molecule has 0 spiro atoms. The smallest absolute Gasteiger partial charge is 0.121 e.